The quantitative estimate of drug-likeness (QED) is 0.170. The van der Waals surface area contributed by atoms with E-state index in [4.69, 9.17) is 4.74 Å². The second kappa shape index (κ2) is 18.3. The Hall–Kier alpha value is -5.33. The van der Waals surface area contributed by atoms with Gasteiger partial charge in [-0.1, -0.05) is 48.5 Å². The van der Waals surface area contributed by atoms with E-state index in [0.717, 1.165) is 62.8 Å². The summed E-state index contributed by atoms with van der Waals surface area (Å²) in [7, 11) is 2.01. The van der Waals surface area contributed by atoms with Crippen LogP contribution in [0.1, 0.15) is 23.3 Å². The SMILES string of the molecule is C[C@H]1COc2c(N3CCN(C)CC3)c(F)cc3c(=O)c(C(=O)[O-])cn1c23.[Cl-].[Cl-].[Ru+3].c1cnc2c(c1)ccc1cccnc12.c1cnc2c(c1)ccc1cccnc12. The fraction of sp³-hybridized carbons (Fsp3) is 0.190. The van der Waals surface area contributed by atoms with E-state index < -0.39 is 22.8 Å². The summed E-state index contributed by atoms with van der Waals surface area (Å²) in [5, 5.41) is 15.9. The Kier molecular flexibility index (Phi) is 13.7. The van der Waals surface area contributed by atoms with Gasteiger partial charge in [-0.2, -0.15) is 0 Å². The largest absolute Gasteiger partial charge is 3.00 e. The number of hydrogen-bond donors (Lipinski definition) is 0. The summed E-state index contributed by atoms with van der Waals surface area (Å²) in [5.41, 5.74) is 3.47. The molecule has 1 radical (unpaired) electrons. The average Bonchev–Trinajstić information content (AvgIpc) is 3.20. The molecule has 8 aromatic rings. The molecule has 57 heavy (non-hydrogen) atoms. The number of carboxylic acid groups (broad SMARTS) is 1. The topological polar surface area (TPSA) is 129 Å². The maximum Gasteiger partial charge on any atom is 3.00 e. The molecule has 0 N–H and O–H groups in total. The number of halogens is 3. The number of carbonyl (C=O) groups is 1. The number of anilines is 1. The average molecular weight is 893 g/mol. The van der Waals surface area contributed by atoms with Gasteiger partial charge in [0.05, 0.1) is 50.5 Å². The van der Waals surface area contributed by atoms with Gasteiger partial charge in [0.25, 0.3) is 0 Å². The van der Waals surface area contributed by atoms with Crippen LogP contribution in [-0.4, -0.2) is 75.2 Å². The van der Waals surface area contributed by atoms with Gasteiger partial charge < -0.3 is 53.8 Å². The molecular formula is C42H35Cl2FN7O4Ru. The van der Waals surface area contributed by atoms with E-state index in [1.165, 1.54) is 6.20 Å². The number of nitrogens with zero attached hydrogens (tertiary/aromatic N) is 7. The molecule has 0 saturated carbocycles. The third kappa shape index (κ3) is 8.38. The first kappa shape index (κ1) is 42.8. The first-order chi connectivity index (χ1) is 26.3. The molecule has 10 rings (SSSR count). The Morgan fingerprint density at radius 1 is 0.754 bits per heavy atom. The van der Waals surface area contributed by atoms with Crippen molar-refractivity contribution in [2.45, 2.75) is 13.0 Å². The maximum atomic E-state index is 15.0. The number of benzene rings is 3. The Morgan fingerprint density at radius 3 is 1.61 bits per heavy atom. The van der Waals surface area contributed by atoms with Crippen molar-refractivity contribution >= 4 is 66.2 Å². The minimum atomic E-state index is -1.57. The number of rotatable bonds is 2. The molecule has 5 aromatic heterocycles. The molecule has 1 atom stereocenters. The Bertz CT molecular complexity index is 2570. The van der Waals surface area contributed by atoms with Crippen molar-refractivity contribution in [1.82, 2.24) is 29.4 Å². The smallest absolute Gasteiger partial charge is 1.00 e. The van der Waals surface area contributed by atoms with Crippen molar-refractivity contribution in [2.24, 2.45) is 0 Å². The molecule has 1 saturated heterocycles. The van der Waals surface area contributed by atoms with Crippen LogP contribution in [-0.2, 0) is 19.5 Å². The van der Waals surface area contributed by atoms with E-state index in [1.54, 1.807) is 29.4 Å². The summed E-state index contributed by atoms with van der Waals surface area (Å²) >= 11 is 0. The number of carboxylic acids is 1. The summed E-state index contributed by atoms with van der Waals surface area (Å²) in [4.78, 5) is 45.3. The third-order valence-corrected chi connectivity index (χ3v) is 9.87. The zero-order chi connectivity index (χ0) is 37.3. The van der Waals surface area contributed by atoms with Gasteiger partial charge in [-0.15, -0.1) is 0 Å². The van der Waals surface area contributed by atoms with Gasteiger partial charge in [-0.05, 0) is 44.3 Å². The molecule has 291 valence electrons. The fourth-order valence-electron chi connectivity index (χ4n) is 7.04. The maximum absolute atomic E-state index is 15.0. The van der Waals surface area contributed by atoms with Crippen LogP contribution in [0.3, 0.4) is 0 Å². The monoisotopic (exact) mass is 892 g/mol. The molecular weight excluding hydrogens is 857 g/mol. The second-order valence-electron chi connectivity index (χ2n) is 13.4. The number of aromatic nitrogens is 5. The Morgan fingerprint density at radius 2 is 1.19 bits per heavy atom. The first-order valence-electron chi connectivity index (χ1n) is 17.6. The minimum absolute atomic E-state index is 0. The summed E-state index contributed by atoms with van der Waals surface area (Å²) in [6, 6.07) is 25.2. The zero-order valence-electron chi connectivity index (χ0n) is 30.8. The van der Waals surface area contributed by atoms with Crippen molar-refractivity contribution in [3.8, 4) is 5.75 Å². The molecule has 7 heterocycles. The van der Waals surface area contributed by atoms with E-state index in [-0.39, 0.29) is 62.3 Å². The number of aromatic carboxylic acids is 1. The number of ether oxygens (including phenoxy) is 1. The van der Waals surface area contributed by atoms with Crippen LogP contribution in [0, 0.1) is 5.82 Å². The normalized spacial score (nSPS) is 14.6. The predicted octanol–water partition coefficient (Wildman–Crippen LogP) is -0.219. The Labute approximate surface area is 352 Å². The van der Waals surface area contributed by atoms with Crippen LogP contribution in [0.5, 0.6) is 5.75 Å². The molecule has 11 nitrogen and oxygen atoms in total. The molecule has 1 fully saturated rings. The van der Waals surface area contributed by atoms with Crippen molar-refractivity contribution in [3.63, 3.8) is 0 Å². The molecule has 0 bridgehead atoms. The van der Waals surface area contributed by atoms with Crippen molar-refractivity contribution in [3.05, 3.63) is 131 Å². The van der Waals surface area contributed by atoms with E-state index >= 15 is 0 Å². The molecule has 2 aliphatic rings. The van der Waals surface area contributed by atoms with Crippen LogP contribution in [0.15, 0.2) is 115 Å². The molecule has 3 aromatic carbocycles. The van der Waals surface area contributed by atoms with Gasteiger partial charge in [0.1, 0.15) is 12.3 Å². The zero-order valence-corrected chi connectivity index (χ0v) is 34.0. The van der Waals surface area contributed by atoms with E-state index in [2.05, 4.69) is 73.4 Å². The fourth-order valence-corrected chi connectivity index (χ4v) is 7.04. The summed E-state index contributed by atoms with van der Waals surface area (Å²) < 4.78 is 22.5. The Balaban J connectivity index is 0.000000171. The van der Waals surface area contributed by atoms with E-state index in [0.29, 0.717) is 30.0 Å². The molecule has 0 amide bonds. The second-order valence-corrected chi connectivity index (χ2v) is 13.4. The van der Waals surface area contributed by atoms with Crippen LogP contribution >= 0.6 is 0 Å². The van der Waals surface area contributed by atoms with E-state index in [9.17, 15) is 19.1 Å². The first-order valence-corrected chi connectivity index (χ1v) is 17.6. The van der Waals surface area contributed by atoms with Gasteiger partial charge in [0.2, 0.25) is 0 Å². The van der Waals surface area contributed by atoms with Crippen LogP contribution in [0.2, 0.25) is 0 Å². The summed E-state index contributed by atoms with van der Waals surface area (Å²) in [5.74, 6) is -1.83. The number of fused-ring (bicyclic) bond motifs is 6. The van der Waals surface area contributed by atoms with Crippen LogP contribution < -0.4 is 45.0 Å². The third-order valence-electron chi connectivity index (χ3n) is 9.87. The molecule has 0 unspecified atom stereocenters. The molecule has 15 heteroatoms. The molecule has 0 aliphatic carbocycles. The summed E-state index contributed by atoms with van der Waals surface area (Å²) in [6.45, 7) is 5.00. The number of pyridine rings is 5. The summed E-state index contributed by atoms with van der Waals surface area (Å²) in [6.07, 6.45) is 8.49. The van der Waals surface area contributed by atoms with Gasteiger partial charge in [-0.25, -0.2) is 4.39 Å². The molecule has 0 spiro atoms. The van der Waals surface area contributed by atoms with Crippen LogP contribution in [0.25, 0.3) is 54.5 Å². The van der Waals surface area contributed by atoms with Crippen molar-refractivity contribution in [2.75, 3.05) is 44.7 Å². The molecule has 2 aliphatic heterocycles. The number of likely N-dealkylation sites (N-methyl/N-ethyl adjacent to an activating group) is 1. The standard InChI is InChI=1S/C18H20FN3O4.2C12H8N2.2ClH.Ru/c1-10-9-26-17-14-11(16(23)12(18(24)25)8-22(10)14)7-13(19)15(17)21-5-3-20(2)4-6-21;2*1-3-9-5-6-10-4-2-8-14-12(10)11(9)13-7-1;;;/h7-8,10H,3-6,9H2,1-2H3,(H,24,25);2*1-8H;2*1H;/q;;;;;+3/p-3/t10-;;;;;/m0...../s1. The van der Waals surface area contributed by atoms with Gasteiger partial charge in [0, 0.05) is 78.7 Å². The van der Waals surface area contributed by atoms with Crippen molar-refractivity contribution < 1.29 is 63.3 Å². The number of hydrogen-bond acceptors (Lipinski definition) is 10. The predicted molar refractivity (Wildman–Crippen MR) is 207 cm³/mol. The van der Waals surface area contributed by atoms with Gasteiger partial charge >= 0.3 is 19.5 Å². The number of piperazine rings is 1. The van der Waals surface area contributed by atoms with E-state index in [1.807, 2.05) is 43.1 Å². The number of carbonyl (C=O) groups excluding carboxylic acids is 1. The van der Waals surface area contributed by atoms with Gasteiger partial charge in [0.15, 0.2) is 17.0 Å². The van der Waals surface area contributed by atoms with Crippen molar-refractivity contribution in [1.29, 1.82) is 0 Å². The van der Waals surface area contributed by atoms with Gasteiger partial charge in [-0.3, -0.25) is 24.7 Å². The minimum Gasteiger partial charge on any atom is -1.00 e. The van der Waals surface area contributed by atoms with Crippen LogP contribution in [0.4, 0.5) is 10.1 Å².